The number of aromatic nitrogens is 6. The van der Waals surface area contributed by atoms with E-state index in [4.69, 9.17) is 5.73 Å². The molecule has 0 spiro atoms. The fourth-order valence-corrected chi connectivity index (χ4v) is 3.68. The van der Waals surface area contributed by atoms with Crippen LogP contribution in [0.25, 0.3) is 16.6 Å². The Bertz CT molecular complexity index is 1570. The first-order valence-corrected chi connectivity index (χ1v) is 10.2. The van der Waals surface area contributed by atoms with Crippen LogP contribution >= 0.6 is 0 Å². The lowest BCUT2D eigenvalue weighted by Crippen LogP contribution is -2.31. The molecule has 0 bridgehead atoms. The second kappa shape index (κ2) is 8.04. The monoisotopic (exact) mass is 484 g/mol. The standard InChI is InChI=1S/C22H16F4N8O/c1-32-10-14(7-30-32)33(9-13-3-2-12(6-29-13)22(24,25)26)21(35)15-4-18-17(5-16(15)23)31-20(27)19-8-28-11-34(18)19/h2-8,10-11H,9H2,1H3,(H2,27,31). The molecule has 0 radical (unpaired) electrons. The van der Waals surface area contributed by atoms with E-state index in [1.54, 1.807) is 11.4 Å². The maximum absolute atomic E-state index is 15.1. The number of carbonyl (C=O) groups excluding carboxylic acids is 1. The van der Waals surface area contributed by atoms with Crippen molar-refractivity contribution >= 4 is 34.0 Å². The van der Waals surface area contributed by atoms with Gasteiger partial charge in [0.1, 0.15) is 17.2 Å². The number of hydrogen-bond donors (Lipinski definition) is 1. The van der Waals surface area contributed by atoms with E-state index in [0.717, 1.165) is 18.2 Å². The van der Waals surface area contributed by atoms with Crippen LogP contribution in [0.2, 0.25) is 0 Å². The van der Waals surface area contributed by atoms with Crippen LogP contribution in [-0.4, -0.2) is 35.0 Å². The van der Waals surface area contributed by atoms with Crippen LogP contribution in [0, 0.1) is 5.82 Å². The zero-order valence-corrected chi connectivity index (χ0v) is 18.0. The van der Waals surface area contributed by atoms with Gasteiger partial charge in [-0.1, -0.05) is 0 Å². The van der Waals surface area contributed by atoms with Gasteiger partial charge in [0.25, 0.3) is 5.91 Å². The summed E-state index contributed by atoms with van der Waals surface area (Å²) in [4.78, 5) is 26.8. The van der Waals surface area contributed by atoms with Crippen molar-refractivity contribution in [2.75, 3.05) is 10.6 Å². The molecule has 4 heterocycles. The third-order valence-electron chi connectivity index (χ3n) is 5.42. The topological polar surface area (TPSA) is 107 Å². The van der Waals surface area contributed by atoms with Gasteiger partial charge in [0.15, 0.2) is 0 Å². The first-order chi connectivity index (χ1) is 16.6. The Labute approximate surface area is 194 Å². The number of nitrogens with two attached hydrogens (primary N) is 1. The maximum atomic E-state index is 15.1. The lowest BCUT2D eigenvalue weighted by atomic mass is 10.1. The number of nitrogens with zero attached hydrogens (tertiary/aromatic N) is 7. The Morgan fingerprint density at radius 3 is 2.60 bits per heavy atom. The van der Waals surface area contributed by atoms with E-state index in [2.05, 4.69) is 20.1 Å². The molecule has 1 amide bonds. The summed E-state index contributed by atoms with van der Waals surface area (Å²) in [6.45, 7) is -0.222. The summed E-state index contributed by atoms with van der Waals surface area (Å²) in [7, 11) is 1.63. The van der Waals surface area contributed by atoms with Crippen LogP contribution in [0.1, 0.15) is 21.6 Å². The van der Waals surface area contributed by atoms with Crippen molar-refractivity contribution in [1.29, 1.82) is 0 Å². The SMILES string of the molecule is Cn1cc(N(Cc2ccc(C(F)(F)F)cn2)C(=O)c2cc3c(cc2F)nc(N)c2cncn23)cn1. The van der Waals surface area contributed by atoms with E-state index in [0.29, 0.717) is 22.9 Å². The molecule has 178 valence electrons. The number of hydrogen-bond acceptors (Lipinski definition) is 6. The molecule has 0 aliphatic carbocycles. The molecular weight excluding hydrogens is 468 g/mol. The molecule has 5 aromatic rings. The van der Waals surface area contributed by atoms with Crippen molar-refractivity contribution in [1.82, 2.24) is 29.1 Å². The molecule has 0 saturated heterocycles. The van der Waals surface area contributed by atoms with Crippen molar-refractivity contribution in [3.05, 3.63) is 78.0 Å². The molecule has 0 atom stereocenters. The van der Waals surface area contributed by atoms with E-state index in [9.17, 15) is 18.0 Å². The van der Waals surface area contributed by atoms with E-state index >= 15 is 4.39 Å². The number of anilines is 2. The number of rotatable bonds is 4. The Hall–Kier alpha value is -4.55. The van der Waals surface area contributed by atoms with Crippen molar-refractivity contribution < 1.29 is 22.4 Å². The molecule has 35 heavy (non-hydrogen) atoms. The van der Waals surface area contributed by atoms with Gasteiger partial charge in [0.2, 0.25) is 0 Å². The predicted molar refractivity (Wildman–Crippen MR) is 118 cm³/mol. The van der Waals surface area contributed by atoms with Gasteiger partial charge in [-0.25, -0.2) is 14.4 Å². The molecular formula is C22H16F4N8O. The Kier molecular flexibility index (Phi) is 5.11. The summed E-state index contributed by atoms with van der Waals surface area (Å²) >= 11 is 0. The minimum absolute atomic E-state index is 0.152. The van der Waals surface area contributed by atoms with Gasteiger partial charge in [-0.05, 0) is 18.2 Å². The average Bonchev–Trinajstić information content (AvgIpc) is 3.46. The molecule has 0 saturated carbocycles. The van der Waals surface area contributed by atoms with Crippen LogP contribution < -0.4 is 10.6 Å². The summed E-state index contributed by atoms with van der Waals surface area (Å²) in [6.07, 6.45) is 2.00. The molecule has 1 aromatic carbocycles. The Morgan fingerprint density at radius 1 is 1.14 bits per heavy atom. The Morgan fingerprint density at radius 2 is 1.94 bits per heavy atom. The fraction of sp³-hybridized carbons (Fsp3) is 0.136. The largest absolute Gasteiger partial charge is 0.417 e. The van der Waals surface area contributed by atoms with Crippen molar-refractivity contribution in [2.45, 2.75) is 12.7 Å². The molecule has 0 fully saturated rings. The second-order valence-corrected chi connectivity index (χ2v) is 7.77. The number of halogens is 4. The number of carbonyl (C=O) groups is 1. The molecule has 9 nitrogen and oxygen atoms in total. The number of pyridine rings is 1. The lowest BCUT2D eigenvalue weighted by Gasteiger charge is -2.21. The molecule has 4 aromatic heterocycles. The number of alkyl halides is 3. The number of benzene rings is 1. The highest BCUT2D eigenvalue weighted by atomic mass is 19.4. The van der Waals surface area contributed by atoms with Crippen LogP contribution in [0.4, 0.5) is 29.1 Å². The highest BCUT2D eigenvalue weighted by Crippen LogP contribution is 2.29. The van der Waals surface area contributed by atoms with E-state index < -0.39 is 23.5 Å². The van der Waals surface area contributed by atoms with Gasteiger partial charge in [-0.2, -0.15) is 18.3 Å². The van der Waals surface area contributed by atoms with Gasteiger partial charge in [-0.15, -0.1) is 0 Å². The van der Waals surface area contributed by atoms with Gasteiger partial charge in [0.05, 0.1) is 58.8 Å². The normalized spacial score (nSPS) is 11.9. The maximum Gasteiger partial charge on any atom is 0.417 e. The first kappa shape index (κ1) is 22.3. The molecule has 13 heteroatoms. The van der Waals surface area contributed by atoms with E-state index in [1.165, 1.54) is 40.6 Å². The highest BCUT2D eigenvalue weighted by molar-refractivity contribution is 6.07. The first-order valence-electron chi connectivity index (χ1n) is 10.2. The van der Waals surface area contributed by atoms with Gasteiger partial charge < -0.3 is 5.73 Å². The highest BCUT2D eigenvalue weighted by Gasteiger charge is 2.31. The van der Waals surface area contributed by atoms with Crippen LogP contribution in [0.5, 0.6) is 0 Å². The van der Waals surface area contributed by atoms with Crippen LogP contribution in [0.15, 0.2) is 55.4 Å². The van der Waals surface area contributed by atoms with E-state index in [-0.39, 0.29) is 29.1 Å². The molecule has 0 aliphatic heterocycles. The molecule has 0 unspecified atom stereocenters. The lowest BCUT2D eigenvalue weighted by molar-refractivity contribution is -0.137. The summed E-state index contributed by atoms with van der Waals surface area (Å²) in [6, 6.07) is 4.46. The molecule has 5 rings (SSSR count). The minimum atomic E-state index is -4.55. The number of imidazole rings is 1. The summed E-state index contributed by atoms with van der Waals surface area (Å²) in [5, 5.41) is 4.04. The van der Waals surface area contributed by atoms with E-state index in [1.807, 2.05) is 0 Å². The third kappa shape index (κ3) is 4.00. The number of aryl methyl sites for hydroxylation is 1. The van der Waals surface area contributed by atoms with Gasteiger partial charge in [0, 0.05) is 25.5 Å². The zero-order chi connectivity index (χ0) is 24.9. The summed E-state index contributed by atoms with van der Waals surface area (Å²) < 4.78 is 56.9. The number of fused-ring (bicyclic) bond motifs is 3. The average molecular weight is 484 g/mol. The number of nitrogen functional groups attached to an aromatic ring is 1. The van der Waals surface area contributed by atoms with Gasteiger partial charge >= 0.3 is 6.18 Å². The smallest absolute Gasteiger partial charge is 0.382 e. The molecule has 2 N–H and O–H groups in total. The quantitative estimate of drug-likeness (QED) is 0.391. The minimum Gasteiger partial charge on any atom is -0.382 e. The van der Waals surface area contributed by atoms with Crippen LogP contribution in [-0.2, 0) is 19.8 Å². The predicted octanol–water partition coefficient (Wildman–Crippen LogP) is 3.60. The van der Waals surface area contributed by atoms with Crippen LogP contribution in [0.3, 0.4) is 0 Å². The van der Waals surface area contributed by atoms with Crippen molar-refractivity contribution in [3.63, 3.8) is 0 Å². The zero-order valence-electron chi connectivity index (χ0n) is 18.0. The molecule has 0 aliphatic rings. The Balaban J connectivity index is 1.58. The summed E-state index contributed by atoms with van der Waals surface area (Å²) in [5.74, 6) is -1.44. The van der Waals surface area contributed by atoms with Crippen molar-refractivity contribution in [2.24, 2.45) is 7.05 Å². The summed E-state index contributed by atoms with van der Waals surface area (Å²) in [5.41, 5.74) is 6.29. The van der Waals surface area contributed by atoms with Gasteiger partial charge in [-0.3, -0.25) is 23.8 Å². The van der Waals surface area contributed by atoms with Crippen molar-refractivity contribution in [3.8, 4) is 0 Å². The fourth-order valence-electron chi connectivity index (χ4n) is 3.68. The number of amides is 1. The third-order valence-corrected chi connectivity index (χ3v) is 5.42. The second-order valence-electron chi connectivity index (χ2n) is 7.77.